The van der Waals surface area contributed by atoms with E-state index in [9.17, 15) is 9.90 Å². The van der Waals surface area contributed by atoms with Crippen LogP contribution in [0.15, 0.2) is 24.3 Å². The minimum atomic E-state index is -0.770. The molecule has 2 aromatic rings. The number of benzene rings is 1. The Balaban J connectivity index is 1.82. The van der Waals surface area contributed by atoms with Crippen molar-refractivity contribution in [3.05, 3.63) is 40.7 Å². The van der Waals surface area contributed by atoms with Gasteiger partial charge < -0.3 is 5.11 Å². The van der Waals surface area contributed by atoms with Crippen LogP contribution in [0.2, 0.25) is 5.02 Å². The van der Waals surface area contributed by atoms with Crippen molar-refractivity contribution >= 4 is 17.6 Å². The molecular formula is C14H15ClN4O2. The lowest BCUT2D eigenvalue weighted by atomic mass is 9.69. The van der Waals surface area contributed by atoms with Crippen molar-refractivity contribution in [1.29, 1.82) is 0 Å². The molecule has 7 heteroatoms. The molecule has 1 saturated carbocycles. The predicted octanol–water partition coefficient (Wildman–Crippen LogP) is 2.17. The highest BCUT2D eigenvalue weighted by Crippen LogP contribution is 2.42. The van der Waals surface area contributed by atoms with Crippen LogP contribution >= 0.6 is 11.6 Å². The van der Waals surface area contributed by atoms with E-state index in [0.29, 0.717) is 36.7 Å². The third-order valence-electron chi connectivity index (χ3n) is 4.13. The molecule has 1 aliphatic rings. The standard InChI is InChI=1S/C14H15ClN4O2/c15-11-5-2-1-4-10(11)8-12-16-17-18-19(12)9-14(13(20)21)6-3-7-14/h1-2,4-5H,3,6-9H2,(H,20,21). The van der Waals surface area contributed by atoms with E-state index in [1.54, 1.807) is 4.68 Å². The lowest BCUT2D eigenvalue weighted by molar-refractivity contribution is -0.156. The van der Waals surface area contributed by atoms with Gasteiger partial charge in [0.2, 0.25) is 0 Å². The average Bonchev–Trinajstić information content (AvgIpc) is 2.83. The lowest BCUT2D eigenvalue weighted by Crippen LogP contribution is -2.42. The maximum atomic E-state index is 11.5. The Kier molecular flexibility index (Phi) is 3.63. The molecule has 1 heterocycles. The number of hydrogen-bond donors (Lipinski definition) is 1. The first-order valence-corrected chi connectivity index (χ1v) is 7.20. The summed E-state index contributed by atoms with van der Waals surface area (Å²) in [5, 5.41) is 21.7. The number of carboxylic acids is 1. The maximum absolute atomic E-state index is 11.5. The smallest absolute Gasteiger partial charge is 0.311 e. The Bertz CT molecular complexity index is 666. The van der Waals surface area contributed by atoms with E-state index >= 15 is 0 Å². The lowest BCUT2D eigenvalue weighted by Gasteiger charge is -2.37. The largest absolute Gasteiger partial charge is 0.481 e. The summed E-state index contributed by atoms with van der Waals surface area (Å²) in [5.41, 5.74) is 0.207. The number of carbonyl (C=O) groups is 1. The molecule has 1 fully saturated rings. The van der Waals surface area contributed by atoms with Crippen molar-refractivity contribution in [3.8, 4) is 0 Å². The second kappa shape index (κ2) is 5.44. The van der Waals surface area contributed by atoms with Crippen molar-refractivity contribution in [2.45, 2.75) is 32.2 Å². The van der Waals surface area contributed by atoms with Gasteiger partial charge in [0.15, 0.2) is 5.82 Å². The minimum Gasteiger partial charge on any atom is -0.481 e. The number of tetrazole rings is 1. The number of aliphatic carboxylic acids is 1. The van der Waals surface area contributed by atoms with Crippen molar-refractivity contribution in [2.24, 2.45) is 5.41 Å². The number of nitrogens with zero attached hydrogens (tertiary/aromatic N) is 4. The summed E-state index contributed by atoms with van der Waals surface area (Å²) in [7, 11) is 0. The molecule has 110 valence electrons. The number of halogens is 1. The van der Waals surface area contributed by atoms with E-state index in [1.807, 2.05) is 24.3 Å². The Morgan fingerprint density at radius 1 is 1.38 bits per heavy atom. The zero-order chi connectivity index (χ0) is 14.9. The average molecular weight is 307 g/mol. The maximum Gasteiger partial charge on any atom is 0.311 e. The molecule has 0 radical (unpaired) electrons. The molecule has 0 spiro atoms. The van der Waals surface area contributed by atoms with Gasteiger partial charge in [-0.2, -0.15) is 0 Å². The topological polar surface area (TPSA) is 80.9 Å². The van der Waals surface area contributed by atoms with Crippen LogP contribution in [-0.4, -0.2) is 31.3 Å². The third kappa shape index (κ3) is 2.63. The summed E-state index contributed by atoms with van der Waals surface area (Å²) >= 11 is 6.14. The number of carboxylic acid groups (broad SMARTS) is 1. The minimum absolute atomic E-state index is 0.315. The van der Waals surface area contributed by atoms with Crippen molar-refractivity contribution in [2.75, 3.05) is 0 Å². The first-order chi connectivity index (χ1) is 10.1. The fourth-order valence-corrected chi connectivity index (χ4v) is 2.82. The molecule has 0 saturated heterocycles. The van der Waals surface area contributed by atoms with Crippen LogP contribution < -0.4 is 0 Å². The number of rotatable bonds is 5. The molecule has 0 aliphatic heterocycles. The molecule has 0 atom stereocenters. The van der Waals surface area contributed by atoms with Gasteiger partial charge in [-0.25, -0.2) is 4.68 Å². The van der Waals surface area contributed by atoms with Crippen LogP contribution in [0.3, 0.4) is 0 Å². The second-order valence-corrected chi connectivity index (χ2v) is 5.87. The SMILES string of the molecule is O=C(O)C1(Cn2nnnc2Cc2ccccc2Cl)CCC1. The van der Waals surface area contributed by atoms with E-state index < -0.39 is 11.4 Å². The third-order valence-corrected chi connectivity index (χ3v) is 4.50. The van der Waals surface area contributed by atoms with E-state index in [2.05, 4.69) is 15.5 Å². The van der Waals surface area contributed by atoms with Crippen LogP contribution in [-0.2, 0) is 17.8 Å². The van der Waals surface area contributed by atoms with Gasteiger partial charge in [0.1, 0.15) is 0 Å². The molecule has 3 rings (SSSR count). The second-order valence-electron chi connectivity index (χ2n) is 5.46. The highest BCUT2D eigenvalue weighted by atomic mass is 35.5. The van der Waals surface area contributed by atoms with Crippen LogP contribution in [0.25, 0.3) is 0 Å². The molecule has 1 aliphatic carbocycles. The molecule has 0 amide bonds. The van der Waals surface area contributed by atoms with Gasteiger partial charge in [-0.3, -0.25) is 4.79 Å². The fourth-order valence-electron chi connectivity index (χ4n) is 2.61. The fraction of sp³-hybridized carbons (Fsp3) is 0.429. The summed E-state index contributed by atoms with van der Waals surface area (Å²) in [4.78, 5) is 11.5. The zero-order valence-electron chi connectivity index (χ0n) is 11.4. The highest BCUT2D eigenvalue weighted by Gasteiger charge is 2.45. The predicted molar refractivity (Wildman–Crippen MR) is 76.0 cm³/mol. The van der Waals surface area contributed by atoms with Gasteiger partial charge in [-0.05, 0) is 34.9 Å². The summed E-state index contributed by atoms with van der Waals surface area (Å²) in [5.74, 6) is -0.136. The molecule has 1 aromatic carbocycles. The molecule has 6 nitrogen and oxygen atoms in total. The van der Waals surface area contributed by atoms with Gasteiger partial charge in [0, 0.05) is 11.4 Å². The number of aromatic nitrogens is 4. The Morgan fingerprint density at radius 2 is 2.14 bits per heavy atom. The Labute approximate surface area is 126 Å². The molecule has 1 N–H and O–H groups in total. The van der Waals surface area contributed by atoms with E-state index in [0.717, 1.165) is 12.0 Å². The molecular weight excluding hydrogens is 292 g/mol. The van der Waals surface area contributed by atoms with Crippen molar-refractivity contribution in [1.82, 2.24) is 20.2 Å². The van der Waals surface area contributed by atoms with Gasteiger partial charge >= 0.3 is 5.97 Å². The zero-order valence-corrected chi connectivity index (χ0v) is 12.1. The summed E-state index contributed by atoms with van der Waals surface area (Å²) in [6.07, 6.45) is 2.78. The molecule has 21 heavy (non-hydrogen) atoms. The van der Waals surface area contributed by atoms with Crippen LogP contribution in [0, 0.1) is 5.41 Å². The quantitative estimate of drug-likeness (QED) is 0.915. The van der Waals surface area contributed by atoms with Crippen molar-refractivity contribution < 1.29 is 9.90 Å². The molecule has 1 aromatic heterocycles. The Morgan fingerprint density at radius 3 is 2.76 bits per heavy atom. The summed E-state index contributed by atoms with van der Waals surface area (Å²) < 4.78 is 1.59. The monoisotopic (exact) mass is 306 g/mol. The summed E-state index contributed by atoms with van der Waals surface area (Å²) in [6, 6.07) is 7.50. The van der Waals surface area contributed by atoms with Crippen LogP contribution in [0.1, 0.15) is 30.7 Å². The Hall–Kier alpha value is -1.95. The normalized spacial score (nSPS) is 16.4. The van der Waals surface area contributed by atoms with Gasteiger partial charge in [-0.15, -0.1) is 5.10 Å². The van der Waals surface area contributed by atoms with E-state index in [4.69, 9.17) is 11.6 Å². The van der Waals surface area contributed by atoms with Gasteiger partial charge in [0.25, 0.3) is 0 Å². The van der Waals surface area contributed by atoms with Crippen LogP contribution in [0.5, 0.6) is 0 Å². The molecule has 0 unspecified atom stereocenters. The van der Waals surface area contributed by atoms with E-state index in [1.165, 1.54) is 0 Å². The van der Waals surface area contributed by atoms with Crippen LogP contribution in [0.4, 0.5) is 0 Å². The van der Waals surface area contributed by atoms with Crippen molar-refractivity contribution in [3.63, 3.8) is 0 Å². The molecule has 0 bridgehead atoms. The van der Waals surface area contributed by atoms with E-state index in [-0.39, 0.29) is 0 Å². The highest BCUT2D eigenvalue weighted by molar-refractivity contribution is 6.31. The first-order valence-electron chi connectivity index (χ1n) is 6.83. The van der Waals surface area contributed by atoms with Gasteiger partial charge in [-0.1, -0.05) is 36.2 Å². The van der Waals surface area contributed by atoms with Gasteiger partial charge in [0.05, 0.1) is 12.0 Å². The summed E-state index contributed by atoms with van der Waals surface area (Å²) in [6.45, 7) is 0.315. The number of hydrogen-bond acceptors (Lipinski definition) is 4. The first kappa shape index (κ1) is 14.0.